The molecule has 2 rings (SSSR count). The Balaban J connectivity index is 2.30. The molecule has 1 atom stereocenters. The number of hydrogen-bond acceptors (Lipinski definition) is 3. The topological polar surface area (TPSA) is 49.4 Å². The van der Waals surface area contributed by atoms with Crippen LogP contribution in [0.3, 0.4) is 0 Å². The van der Waals surface area contributed by atoms with Crippen LogP contribution in [-0.4, -0.2) is 34.0 Å². The van der Waals surface area contributed by atoms with Crippen molar-refractivity contribution in [1.29, 1.82) is 0 Å². The van der Waals surface area contributed by atoms with Gasteiger partial charge in [0.2, 0.25) is 10.0 Å². The fourth-order valence-corrected chi connectivity index (χ4v) is 4.54. The highest BCUT2D eigenvalue weighted by Gasteiger charge is 2.31. The minimum absolute atomic E-state index is 0.00785. The van der Waals surface area contributed by atoms with E-state index >= 15 is 0 Å². The fourth-order valence-electron chi connectivity index (χ4n) is 2.50. The van der Waals surface area contributed by atoms with E-state index in [1.54, 1.807) is 19.0 Å². The molecule has 0 amide bonds. The van der Waals surface area contributed by atoms with Crippen LogP contribution in [0.1, 0.15) is 17.2 Å². The van der Waals surface area contributed by atoms with E-state index < -0.39 is 27.8 Å². The van der Waals surface area contributed by atoms with Gasteiger partial charge in [-0.25, -0.2) is 13.1 Å². The largest absolute Gasteiger partial charge is 0.416 e. The van der Waals surface area contributed by atoms with Crippen LogP contribution in [0.15, 0.2) is 41.3 Å². The zero-order chi connectivity index (χ0) is 21.3. The van der Waals surface area contributed by atoms with Crippen LogP contribution in [0.25, 0.3) is 0 Å². The van der Waals surface area contributed by atoms with E-state index in [4.69, 9.17) is 34.8 Å². The maximum Gasteiger partial charge on any atom is 0.416 e. The van der Waals surface area contributed by atoms with Gasteiger partial charge in [0.25, 0.3) is 0 Å². The number of likely N-dealkylation sites (N-methyl/N-ethyl adjacent to an activating group) is 1. The average Bonchev–Trinajstić information content (AvgIpc) is 2.57. The molecule has 0 aliphatic carbocycles. The Labute approximate surface area is 176 Å². The first-order valence-electron chi connectivity index (χ1n) is 7.80. The van der Waals surface area contributed by atoms with Gasteiger partial charge in [-0.15, -0.1) is 0 Å². The van der Waals surface area contributed by atoms with Gasteiger partial charge < -0.3 is 4.90 Å². The summed E-state index contributed by atoms with van der Waals surface area (Å²) < 4.78 is 66.5. The summed E-state index contributed by atoms with van der Waals surface area (Å²) in [5.41, 5.74) is -0.505. The van der Waals surface area contributed by atoms with Crippen LogP contribution in [0, 0.1) is 0 Å². The molecule has 28 heavy (non-hydrogen) atoms. The summed E-state index contributed by atoms with van der Waals surface area (Å²) in [6.07, 6.45) is -4.50. The minimum atomic E-state index is -4.50. The van der Waals surface area contributed by atoms with Crippen molar-refractivity contribution >= 4 is 44.8 Å². The Morgan fingerprint density at radius 2 is 1.64 bits per heavy atom. The van der Waals surface area contributed by atoms with E-state index in [9.17, 15) is 21.6 Å². The first-order chi connectivity index (χ1) is 12.8. The lowest BCUT2D eigenvalue weighted by Crippen LogP contribution is -2.34. The van der Waals surface area contributed by atoms with Crippen molar-refractivity contribution in [3.05, 3.63) is 62.6 Å². The number of benzene rings is 2. The molecule has 0 bridgehead atoms. The van der Waals surface area contributed by atoms with E-state index in [2.05, 4.69) is 4.72 Å². The minimum Gasteiger partial charge on any atom is -0.301 e. The maximum absolute atomic E-state index is 13.0. The first-order valence-corrected chi connectivity index (χ1v) is 10.4. The second kappa shape index (κ2) is 8.77. The van der Waals surface area contributed by atoms with Crippen LogP contribution in [-0.2, 0) is 16.2 Å². The van der Waals surface area contributed by atoms with Crippen molar-refractivity contribution in [3.63, 3.8) is 0 Å². The number of nitrogens with one attached hydrogen (secondary N) is 1. The third kappa shape index (κ3) is 5.52. The molecule has 11 heteroatoms. The smallest absolute Gasteiger partial charge is 0.301 e. The van der Waals surface area contributed by atoms with Gasteiger partial charge in [-0.1, -0.05) is 46.9 Å². The third-order valence-corrected chi connectivity index (χ3v) is 6.56. The molecular formula is C17H16Cl3F3N2O2S. The lowest BCUT2D eigenvalue weighted by Gasteiger charge is -2.26. The molecule has 1 N–H and O–H groups in total. The number of halogens is 6. The highest BCUT2D eigenvalue weighted by Crippen LogP contribution is 2.33. The van der Waals surface area contributed by atoms with Gasteiger partial charge in [0, 0.05) is 12.6 Å². The van der Waals surface area contributed by atoms with Gasteiger partial charge in [-0.2, -0.15) is 13.2 Å². The first kappa shape index (κ1) is 23.3. The molecule has 4 nitrogen and oxygen atoms in total. The average molecular weight is 476 g/mol. The predicted octanol–water partition coefficient (Wildman–Crippen LogP) is 5.25. The van der Waals surface area contributed by atoms with Crippen LogP contribution >= 0.6 is 34.8 Å². The predicted molar refractivity (Wildman–Crippen MR) is 105 cm³/mol. The van der Waals surface area contributed by atoms with Crippen molar-refractivity contribution in [2.45, 2.75) is 17.1 Å². The standard InChI is InChI=1S/C17H16Cl3F3N2O2S/c1-25(2)15(10-4-3-5-11(6-10)17(21,22)23)9-24-28(26,27)16-8-13(19)12(18)7-14(16)20/h3-8,15,24H,9H2,1-2H3. The Hall–Kier alpha value is -1.03. The van der Waals surface area contributed by atoms with Gasteiger partial charge >= 0.3 is 6.18 Å². The molecule has 0 aromatic heterocycles. The molecule has 0 aliphatic rings. The zero-order valence-corrected chi connectivity index (χ0v) is 17.8. The maximum atomic E-state index is 13.0. The normalized spacial score (nSPS) is 13.8. The quantitative estimate of drug-likeness (QED) is 0.581. The molecular weight excluding hydrogens is 460 g/mol. The summed E-state index contributed by atoms with van der Waals surface area (Å²) in [5, 5.41) is -0.0170. The lowest BCUT2D eigenvalue weighted by molar-refractivity contribution is -0.137. The molecule has 0 fully saturated rings. The molecule has 2 aromatic rings. The van der Waals surface area contributed by atoms with Crippen molar-refractivity contribution in [1.82, 2.24) is 9.62 Å². The summed E-state index contributed by atoms with van der Waals surface area (Å²) in [7, 11) is -0.819. The number of nitrogens with zero attached hydrogens (tertiary/aromatic N) is 1. The van der Waals surface area contributed by atoms with Gasteiger partial charge in [-0.3, -0.25) is 0 Å². The van der Waals surface area contributed by atoms with Gasteiger partial charge in [0.05, 0.1) is 20.6 Å². The van der Waals surface area contributed by atoms with Crippen LogP contribution in [0.5, 0.6) is 0 Å². The van der Waals surface area contributed by atoms with E-state index in [0.717, 1.165) is 18.2 Å². The van der Waals surface area contributed by atoms with E-state index in [1.165, 1.54) is 18.2 Å². The van der Waals surface area contributed by atoms with Gasteiger partial charge in [0.15, 0.2) is 0 Å². The summed E-state index contributed by atoms with van der Waals surface area (Å²) in [6, 6.07) is 6.39. The third-order valence-electron chi connectivity index (χ3n) is 3.95. The Kier molecular flexibility index (Phi) is 7.28. The van der Waals surface area contributed by atoms with Gasteiger partial charge in [-0.05, 0) is 43.9 Å². The van der Waals surface area contributed by atoms with E-state index in [0.29, 0.717) is 5.56 Å². The van der Waals surface area contributed by atoms with Crippen molar-refractivity contribution < 1.29 is 21.6 Å². The summed E-state index contributed by atoms with van der Waals surface area (Å²) >= 11 is 17.6. The molecule has 0 radical (unpaired) electrons. The second-order valence-electron chi connectivity index (χ2n) is 6.15. The van der Waals surface area contributed by atoms with Crippen LogP contribution in [0.2, 0.25) is 15.1 Å². The molecule has 0 aliphatic heterocycles. The Morgan fingerprint density at radius 1 is 1.04 bits per heavy atom. The van der Waals surface area contributed by atoms with E-state index in [1.807, 2.05) is 0 Å². The molecule has 1 unspecified atom stereocenters. The molecule has 154 valence electrons. The number of hydrogen-bond donors (Lipinski definition) is 1. The van der Waals surface area contributed by atoms with Gasteiger partial charge in [0.1, 0.15) is 4.90 Å². The van der Waals surface area contributed by atoms with Crippen molar-refractivity contribution in [2.24, 2.45) is 0 Å². The Morgan fingerprint density at radius 3 is 2.21 bits per heavy atom. The number of sulfonamides is 1. The summed E-state index contributed by atoms with van der Waals surface area (Å²) in [6.45, 7) is -0.187. The summed E-state index contributed by atoms with van der Waals surface area (Å²) in [4.78, 5) is 1.33. The molecule has 0 heterocycles. The fraction of sp³-hybridized carbons (Fsp3) is 0.294. The monoisotopic (exact) mass is 474 g/mol. The number of rotatable bonds is 6. The highest BCUT2D eigenvalue weighted by molar-refractivity contribution is 7.89. The molecule has 0 saturated heterocycles. The second-order valence-corrected chi connectivity index (χ2v) is 9.11. The number of alkyl halides is 3. The van der Waals surface area contributed by atoms with Crippen molar-refractivity contribution in [2.75, 3.05) is 20.6 Å². The molecule has 0 saturated carbocycles. The Bertz CT molecular complexity index is 967. The summed E-state index contributed by atoms with van der Waals surface area (Å²) in [5.74, 6) is 0. The highest BCUT2D eigenvalue weighted by atomic mass is 35.5. The van der Waals surface area contributed by atoms with Crippen molar-refractivity contribution in [3.8, 4) is 0 Å². The SMILES string of the molecule is CN(C)C(CNS(=O)(=O)c1cc(Cl)c(Cl)cc1Cl)c1cccc(C(F)(F)F)c1. The van der Waals surface area contributed by atoms with Crippen LogP contribution < -0.4 is 4.72 Å². The van der Waals surface area contributed by atoms with E-state index in [-0.39, 0.29) is 26.5 Å². The molecule has 2 aromatic carbocycles. The molecule has 0 spiro atoms. The zero-order valence-electron chi connectivity index (χ0n) is 14.7. The van der Waals surface area contributed by atoms with Crippen LogP contribution in [0.4, 0.5) is 13.2 Å². The lowest BCUT2D eigenvalue weighted by atomic mass is 10.0.